The summed E-state index contributed by atoms with van der Waals surface area (Å²) in [6.45, 7) is 1.81. The number of ether oxygens (including phenoxy) is 2. The van der Waals surface area contributed by atoms with Gasteiger partial charge in [0.15, 0.2) is 19.5 Å². The molecular formula is C18H38O4Si2. The Hall–Kier alpha value is 0.274. The van der Waals surface area contributed by atoms with Crippen molar-refractivity contribution in [3.8, 4) is 0 Å². The molecule has 6 heteroatoms. The van der Waals surface area contributed by atoms with Crippen LogP contribution in [0.1, 0.15) is 77.0 Å². The van der Waals surface area contributed by atoms with Crippen LogP contribution in [0.2, 0.25) is 12.1 Å². The van der Waals surface area contributed by atoms with Crippen LogP contribution in [-0.4, -0.2) is 45.3 Å². The molecule has 0 bridgehead atoms. The van der Waals surface area contributed by atoms with Gasteiger partial charge in [-0.05, 0) is 50.6 Å². The predicted octanol–water partition coefficient (Wildman–Crippen LogP) is 3.42. The molecule has 0 aliphatic carbocycles. The van der Waals surface area contributed by atoms with Crippen LogP contribution >= 0.6 is 0 Å². The Balaban J connectivity index is 1.25. The zero-order valence-electron chi connectivity index (χ0n) is 15.5. The first kappa shape index (κ1) is 20.6. The zero-order valence-corrected chi connectivity index (χ0v) is 18.3. The van der Waals surface area contributed by atoms with Gasteiger partial charge in [-0.2, -0.15) is 0 Å². The highest BCUT2D eigenvalue weighted by atomic mass is 28.2. The van der Waals surface area contributed by atoms with Crippen molar-refractivity contribution in [1.29, 1.82) is 0 Å². The molecule has 0 saturated carbocycles. The fraction of sp³-hybridized carbons (Fsp3) is 1.00. The van der Waals surface area contributed by atoms with Crippen LogP contribution in [-0.2, 0) is 18.3 Å². The summed E-state index contributed by atoms with van der Waals surface area (Å²) in [5.74, 6) is 0. The van der Waals surface area contributed by atoms with Crippen molar-refractivity contribution in [2.75, 3.05) is 13.2 Å². The van der Waals surface area contributed by atoms with Crippen LogP contribution in [0.4, 0.5) is 0 Å². The molecule has 4 nitrogen and oxygen atoms in total. The second-order valence-corrected chi connectivity index (χ2v) is 10.1. The molecule has 2 aliphatic rings. The molecule has 142 valence electrons. The van der Waals surface area contributed by atoms with Crippen LogP contribution in [0.15, 0.2) is 0 Å². The highest BCUT2D eigenvalue weighted by Crippen LogP contribution is 2.15. The summed E-state index contributed by atoms with van der Waals surface area (Å²) in [6, 6.07) is 2.64. The Labute approximate surface area is 153 Å². The highest BCUT2D eigenvalue weighted by molar-refractivity contribution is 6.27. The second-order valence-electron chi connectivity index (χ2n) is 7.16. The van der Waals surface area contributed by atoms with Crippen molar-refractivity contribution < 1.29 is 18.3 Å². The third-order valence-corrected chi connectivity index (χ3v) is 7.71. The SMILES string of the molecule is C(CCCC[SiH2]OC1CCCCO1)CCC[SiH2]OC1CCCCO1. The third kappa shape index (κ3) is 10.3. The van der Waals surface area contributed by atoms with Crippen molar-refractivity contribution in [2.45, 2.75) is 102 Å². The van der Waals surface area contributed by atoms with Crippen LogP contribution in [0.5, 0.6) is 0 Å². The molecule has 2 rings (SSSR count). The Morgan fingerprint density at radius 3 is 1.50 bits per heavy atom. The van der Waals surface area contributed by atoms with E-state index in [0.29, 0.717) is 0 Å². The summed E-state index contributed by atoms with van der Waals surface area (Å²) in [4.78, 5) is 0. The fourth-order valence-electron chi connectivity index (χ4n) is 3.38. The van der Waals surface area contributed by atoms with Gasteiger partial charge in [-0.25, -0.2) is 0 Å². The van der Waals surface area contributed by atoms with E-state index in [9.17, 15) is 0 Å². The van der Waals surface area contributed by atoms with Crippen LogP contribution < -0.4 is 0 Å². The maximum absolute atomic E-state index is 5.90. The Bertz CT molecular complexity index is 254. The molecule has 0 N–H and O–H groups in total. The average molecular weight is 375 g/mol. The zero-order chi connectivity index (χ0) is 16.7. The molecule has 0 amide bonds. The molecule has 2 saturated heterocycles. The van der Waals surface area contributed by atoms with E-state index in [-0.39, 0.29) is 32.1 Å². The number of hydrogen-bond donors (Lipinski definition) is 0. The molecule has 2 heterocycles. The van der Waals surface area contributed by atoms with E-state index >= 15 is 0 Å². The van der Waals surface area contributed by atoms with Crippen molar-refractivity contribution in [3.63, 3.8) is 0 Å². The van der Waals surface area contributed by atoms with Crippen LogP contribution in [0, 0.1) is 0 Å². The topological polar surface area (TPSA) is 36.9 Å². The smallest absolute Gasteiger partial charge is 0.165 e. The van der Waals surface area contributed by atoms with Gasteiger partial charge >= 0.3 is 0 Å². The Kier molecular flexibility index (Phi) is 12.4. The fourth-order valence-corrected chi connectivity index (χ4v) is 5.88. The van der Waals surface area contributed by atoms with Gasteiger partial charge in [-0.15, -0.1) is 0 Å². The summed E-state index contributed by atoms with van der Waals surface area (Å²) in [7, 11) is -0.684. The maximum atomic E-state index is 5.90. The van der Waals surface area contributed by atoms with Gasteiger partial charge in [-0.3, -0.25) is 0 Å². The monoisotopic (exact) mass is 374 g/mol. The molecule has 24 heavy (non-hydrogen) atoms. The molecule has 2 unspecified atom stereocenters. The number of unbranched alkanes of at least 4 members (excludes halogenated alkanes) is 5. The molecule has 0 aromatic heterocycles. The highest BCUT2D eigenvalue weighted by Gasteiger charge is 2.13. The normalized spacial score (nSPS) is 26.0. The van der Waals surface area contributed by atoms with E-state index in [4.69, 9.17) is 18.3 Å². The second kappa shape index (κ2) is 14.4. The quantitative estimate of drug-likeness (QED) is 0.366. The largest absolute Gasteiger partial charge is 0.400 e. The van der Waals surface area contributed by atoms with Crippen molar-refractivity contribution in [2.24, 2.45) is 0 Å². The minimum Gasteiger partial charge on any atom is -0.400 e. The molecule has 0 radical (unpaired) electrons. The van der Waals surface area contributed by atoms with Crippen molar-refractivity contribution in [1.82, 2.24) is 0 Å². The maximum Gasteiger partial charge on any atom is 0.165 e. The third-order valence-electron chi connectivity index (χ3n) is 4.92. The van der Waals surface area contributed by atoms with Crippen molar-refractivity contribution >= 4 is 19.5 Å². The summed E-state index contributed by atoms with van der Waals surface area (Å²) in [5, 5.41) is 0. The van der Waals surface area contributed by atoms with Gasteiger partial charge in [0.25, 0.3) is 0 Å². The molecule has 2 aliphatic heterocycles. The molecule has 0 aromatic carbocycles. The molecule has 2 atom stereocenters. The van der Waals surface area contributed by atoms with Gasteiger partial charge in [0, 0.05) is 13.2 Å². The average Bonchev–Trinajstić information content (AvgIpc) is 2.64. The van der Waals surface area contributed by atoms with Gasteiger partial charge in [0.05, 0.1) is 0 Å². The van der Waals surface area contributed by atoms with E-state index in [1.807, 2.05) is 0 Å². The molecular weight excluding hydrogens is 336 g/mol. The van der Waals surface area contributed by atoms with Crippen LogP contribution in [0.25, 0.3) is 0 Å². The minimum absolute atomic E-state index is 0.149. The molecule has 0 spiro atoms. The minimum atomic E-state index is -0.342. The first-order valence-electron chi connectivity index (χ1n) is 10.4. The lowest BCUT2D eigenvalue weighted by molar-refractivity contribution is -0.106. The van der Waals surface area contributed by atoms with Gasteiger partial charge in [0.2, 0.25) is 0 Å². The van der Waals surface area contributed by atoms with Crippen molar-refractivity contribution in [3.05, 3.63) is 0 Å². The van der Waals surface area contributed by atoms with Gasteiger partial charge < -0.3 is 18.3 Å². The number of rotatable bonds is 13. The number of hydrogen-bond acceptors (Lipinski definition) is 4. The predicted molar refractivity (Wildman–Crippen MR) is 104 cm³/mol. The summed E-state index contributed by atoms with van der Waals surface area (Å²) < 4.78 is 23.0. The van der Waals surface area contributed by atoms with Gasteiger partial charge in [0.1, 0.15) is 12.6 Å². The van der Waals surface area contributed by atoms with Gasteiger partial charge in [-0.1, -0.05) is 38.5 Å². The summed E-state index contributed by atoms with van der Waals surface area (Å²) in [6.07, 6.45) is 15.8. The molecule has 2 fully saturated rings. The van der Waals surface area contributed by atoms with E-state index in [1.54, 1.807) is 0 Å². The Morgan fingerprint density at radius 2 is 1.08 bits per heavy atom. The van der Waals surface area contributed by atoms with E-state index in [2.05, 4.69) is 0 Å². The Morgan fingerprint density at radius 1 is 0.625 bits per heavy atom. The van der Waals surface area contributed by atoms with E-state index < -0.39 is 0 Å². The lowest BCUT2D eigenvalue weighted by Crippen LogP contribution is -2.23. The lowest BCUT2D eigenvalue weighted by atomic mass is 10.1. The summed E-state index contributed by atoms with van der Waals surface area (Å²) in [5.41, 5.74) is 0. The van der Waals surface area contributed by atoms with E-state index in [0.717, 1.165) is 26.1 Å². The standard InChI is InChI=1S/C18H38O4Si2/c1(3-9-15-23-21-17-11-5-7-13-19-17)2-4-10-16-24-22-18-12-6-8-14-20-18/h17-18H,1-16,23-24H2. The first-order valence-corrected chi connectivity index (χ1v) is 13.6. The summed E-state index contributed by atoms with van der Waals surface area (Å²) >= 11 is 0. The first-order chi connectivity index (χ1) is 11.9. The van der Waals surface area contributed by atoms with Crippen LogP contribution in [0.3, 0.4) is 0 Å². The lowest BCUT2D eigenvalue weighted by Gasteiger charge is -2.23. The van der Waals surface area contributed by atoms with E-state index in [1.165, 1.54) is 76.3 Å². The molecule has 0 aromatic rings.